The normalized spacial score (nSPS) is 25.3. The van der Waals surface area contributed by atoms with E-state index in [0.717, 1.165) is 25.2 Å². The number of hydrogen-bond acceptors (Lipinski definition) is 3. The van der Waals surface area contributed by atoms with E-state index in [0.29, 0.717) is 11.6 Å². The molecule has 2 heterocycles. The van der Waals surface area contributed by atoms with Crippen LogP contribution in [0.1, 0.15) is 44.3 Å². The van der Waals surface area contributed by atoms with Crippen LogP contribution in [0.4, 0.5) is 10.1 Å². The van der Waals surface area contributed by atoms with E-state index in [9.17, 15) is 9.50 Å². The lowest BCUT2D eigenvalue weighted by atomic mass is 10.1. The van der Waals surface area contributed by atoms with E-state index in [-0.39, 0.29) is 5.82 Å². The first-order chi connectivity index (χ1) is 10.1. The molecule has 2 fully saturated rings. The van der Waals surface area contributed by atoms with Crippen LogP contribution in [0, 0.1) is 5.82 Å². The Labute approximate surface area is 126 Å². The summed E-state index contributed by atoms with van der Waals surface area (Å²) in [6.07, 6.45) is 4.51. The number of aliphatic hydroxyl groups is 1. The lowest BCUT2D eigenvalue weighted by molar-refractivity contribution is 0.174. The van der Waals surface area contributed by atoms with E-state index in [4.69, 9.17) is 0 Å². The molecule has 2 atom stereocenters. The summed E-state index contributed by atoms with van der Waals surface area (Å²) < 4.78 is 13.4. The summed E-state index contributed by atoms with van der Waals surface area (Å²) in [6, 6.07) is 5.39. The number of rotatable bonds is 3. The number of likely N-dealkylation sites (tertiary alicyclic amines) is 1. The fourth-order valence-electron chi connectivity index (χ4n) is 3.69. The fraction of sp³-hybridized carbons (Fsp3) is 0.647. The molecule has 2 aliphatic heterocycles. The molecule has 2 saturated heterocycles. The Morgan fingerprint density at radius 1 is 1.19 bits per heavy atom. The number of aliphatic hydroxyl groups excluding tert-OH is 1. The molecule has 1 aromatic rings. The summed E-state index contributed by atoms with van der Waals surface area (Å²) in [5, 5.41) is 9.90. The third-order valence-corrected chi connectivity index (χ3v) is 4.85. The summed E-state index contributed by atoms with van der Waals surface area (Å²) >= 11 is 0. The zero-order valence-electron chi connectivity index (χ0n) is 12.8. The van der Waals surface area contributed by atoms with Crippen molar-refractivity contribution in [3.05, 3.63) is 29.6 Å². The van der Waals surface area contributed by atoms with Gasteiger partial charge in [0.2, 0.25) is 0 Å². The van der Waals surface area contributed by atoms with Crippen LogP contribution in [0.5, 0.6) is 0 Å². The van der Waals surface area contributed by atoms with Gasteiger partial charge < -0.3 is 10.0 Å². The molecule has 0 aromatic heterocycles. The van der Waals surface area contributed by atoms with Crippen molar-refractivity contribution in [3.63, 3.8) is 0 Å². The van der Waals surface area contributed by atoms with E-state index in [1.165, 1.54) is 44.5 Å². The highest BCUT2D eigenvalue weighted by atomic mass is 19.1. The predicted molar refractivity (Wildman–Crippen MR) is 83.1 cm³/mol. The molecular weight excluding hydrogens is 267 g/mol. The number of nitrogens with zero attached hydrogens (tertiary/aromatic N) is 2. The molecule has 1 aromatic carbocycles. The fourth-order valence-corrected chi connectivity index (χ4v) is 3.69. The second kappa shape index (κ2) is 6.32. The van der Waals surface area contributed by atoms with Crippen molar-refractivity contribution in [2.75, 3.05) is 31.1 Å². The Morgan fingerprint density at radius 2 is 1.95 bits per heavy atom. The maximum Gasteiger partial charge on any atom is 0.123 e. The Kier molecular flexibility index (Phi) is 4.45. The predicted octanol–water partition coefficient (Wildman–Crippen LogP) is 2.94. The molecule has 0 amide bonds. The first-order valence-electron chi connectivity index (χ1n) is 8.11. The van der Waals surface area contributed by atoms with Crippen molar-refractivity contribution in [3.8, 4) is 0 Å². The largest absolute Gasteiger partial charge is 0.389 e. The van der Waals surface area contributed by atoms with Crippen LogP contribution in [0.3, 0.4) is 0 Å². The van der Waals surface area contributed by atoms with Crippen LogP contribution < -0.4 is 4.90 Å². The van der Waals surface area contributed by atoms with Gasteiger partial charge in [0.05, 0.1) is 6.10 Å². The second-order valence-electron chi connectivity index (χ2n) is 6.36. The van der Waals surface area contributed by atoms with Crippen molar-refractivity contribution < 1.29 is 9.50 Å². The number of halogens is 1. The van der Waals surface area contributed by atoms with Crippen molar-refractivity contribution in [2.24, 2.45) is 0 Å². The minimum Gasteiger partial charge on any atom is -0.389 e. The van der Waals surface area contributed by atoms with Gasteiger partial charge in [0.1, 0.15) is 5.82 Å². The molecular formula is C17H25FN2O. The molecule has 3 rings (SSSR count). The Balaban J connectivity index is 1.73. The number of anilines is 1. The Hall–Kier alpha value is -1.13. The first-order valence-corrected chi connectivity index (χ1v) is 8.11. The summed E-state index contributed by atoms with van der Waals surface area (Å²) in [7, 11) is 0. The van der Waals surface area contributed by atoms with Gasteiger partial charge in [0.15, 0.2) is 0 Å². The molecule has 3 nitrogen and oxygen atoms in total. The topological polar surface area (TPSA) is 26.7 Å². The first kappa shape index (κ1) is 14.8. The van der Waals surface area contributed by atoms with Crippen LogP contribution in [0.25, 0.3) is 0 Å². The van der Waals surface area contributed by atoms with Gasteiger partial charge >= 0.3 is 0 Å². The van der Waals surface area contributed by atoms with Gasteiger partial charge in [0.25, 0.3) is 0 Å². The van der Waals surface area contributed by atoms with Gasteiger partial charge in [-0.3, -0.25) is 4.90 Å². The molecule has 0 radical (unpaired) electrons. The molecule has 0 saturated carbocycles. The number of piperidine rings is 1. The van der Waals surface area contributed by atoms with Gasteiger partial charge in [-0.15, -0.1) is 0 Å². The van der Waals surface area contributed by atoms with Gasteiger partial charge in [0, 0.05) is 30.4 Å². The molecule has 0 aliphatic carbocycles. The van der Waals surface area contributed by atoms with Crippen LogP contribution in [-0.4, -0.2) is 42.2 Å². The number of benzene rings is 1. The van der Waals surface area contributed by atoms with Gasteiger partial charge in [-0.1, -0.05) is 6.42 Å². The minimum absolute atomic E-state index is 0.276. The van der Waals surface area contributed by atoms with E-state index < -0.39 is 6.10 Å². The molecule has 1 N–H and O–H groups in total. The quantitative estimate of drug-likeness (QED) is 0.928. The maximum absolute atomic E-state index is 13.4. The molecule has 0 spiro atoms. The van der Waals surface area contributed by atoms with Gasteiger partial charge in [-0.25, -0.2) is 4.39 Å². The molecule has 116 valence electrons. The van der Waals surface area contributed by atoms with Crippen molar-refractivity contribution in [2.45, 2.75) is 44.8 Å². The lowest BCUT2D eigenvalue weighted by Gasteiger charge is -2.32. The van der Waals surface area contributed by atoms with Crippen molar-refractivity contribution >= 4 is 5.69 Å². The Bertz CT molecular complexity index is 486. The van der Waals surface area contributed by atoms with Crippen molar-refractivity contribution in [1.82, 2.24) is 4.90 Å². The summed E-state index contributed by atoms with van der Waals surface area (Å²) in [5.74, 6) is -0.276. The van der Waals surface area contributed by atoms with E-state index >= 15 is 0 Å². The third kappa shape index (κ3) is 3.22. The zero-order valence-corrected chi connectivity index (χ0v) is 12.8. The second-order valence-corrected chi connectivity index (χ2v) is 6.36. The summed E-state index contributed by atoms with van der Waals surface area (Å²) in [5.41, 5.74) is 1.69. The zero-order chi connectivity index (χ0) is 14.8. The standard InChI is InChI=1S/C17H25FN2O/c1-13(21)16-11-14(18)5-6-17(16)20-10-7-15(12-20)19-8-3-2-4-9-19/h5-6,11,13,15,21H,2-4,7-10,12H2,1H3/t13-,15?/m1/s1. The molecule has 21 heavy (non-hydrogen) atoms. The van der Waals surface area contributed by atoms with Gasteiger partial charge in [-0.05, 0) is 57.5 Å². The van der Waals surface area contributed by atoms with Crippen LogP contribution in [0.2, 0.25) is 0 Å². The SMILES string of the molecule is C[C@@H](O)c1cc(F)ccc1N1CCC(N2CCCCC2)C1. The highest BCUT2D eigenvalue weighted by Gasteiger charge is 2.29. The van der Waals surface area contributed by atoms with Gasteiger partial charge in [-0.2, -0.15) is 0 Å². The van der Waals surface area contributed by atoms with Crippen LogP contribution in [-0.2, 0) is 0 Å². The average Bonchev–Trinajstić information content (AvgIpc) is 2.97. The molecule has 2 aliphatic rings. The maximum atomic E-state index is 13.4. The molecule has 1 unspecified atom stereocenters. The molecule has 0 bridgehead atoms. The van der Waals surface area contributed by atoms with Crippen LogP contribution >= 0.6 is 0 Å². The smallest absolute Gasteiger partial charge is 0.123 e. The van der Waals surface area contributed by atoms with Crippen LogP contribution in [0.15, 0.2) is 18.2 Å². The highest BCUT2D eigenvalue weighted by molar-refractivity contribution is 5.55. The van der Waals surface area contributed by atoms with E-state index in [1.807, 2.05) is 6.07 Å². The average molecular weight is 292 g/mol. The lowest BCUT2D eigenvalue weighted by Crippen LogP contribution is -2.41. The minimum atomic E-state index is -0.635. The summed E-state index contributed by atoms with van der Waals surface area (Å²) in [4.78, 5) is 4.91. The van der Waals surface area contributed by atoms with E-state index in [2.05, 4.69) is 9.80 Å². The monoisotopic (exact) mass is 292 g/mol. The summed E-state index contributed by atoms with van der Waals surface area (Å²) in [6.45, 7) is 6.12. The Morgan fingerprint density at radius 3 is 2.67 bits per heavy atom. The van der Waals surface area contributed by atoms with Crippen molar-refractivity contribution in [1.29, 1.82) is 0 Å². The highest BCUT2D eigenvalue weighted by Crippen LogP contribution is 2.31. The van der Waals surface area contributed by atoms with E-state index in [1.54, 1.807) is 6.92 Å². The molecule has 4 heteroatoms. The number of hydrogen-bond donors (Lipinski definition) is 1. The third-order valence-electron chi connectivity index (χ3n) is 4.85.